The molecular formula is C26H44N2O6. The Morgan fingerprint density at radius 3 is 2.38 bits per heavy atom. The van der Waals surface area contributed by atoms with E-state index in [1.54, 1.807) is 6.92 Å². The fourth-order valence-electron chi connectivity index (χ4n) is 9.18. The largest absolute Gasteiger partial charge is 0.388 e. The van der Waals surface area contributed by atoms with E-state index in [0.29, 0.717) is 17.8 Å². The Bertz CT molecular complexity index is 812. The van der Waals surface area contributed by atoms with Crippen molar-refractivity contribution in [2.24, 2.45) is 46.0 Å². The topological polar surface area (TPSA) is 148 Å². The normalized spacial score (nSPS) is 57.4. The van der Waals surface area contributed by atoms with Crippen LogP contribution in [0.25, 0.3) is 0 Å². The number of nitrogens with two attached hydrogens (primary N) is 2. The highest BCUT2D eigenvalue weighted by Crippen LogP contribution is 2.68. The van der Waals surface area contributed by atoms with E-state index in [0.717, 1.165) is 57.8 Å². The molecule has 0 radical (unpaired) electrons. The van der Waals surface area contributed by atoms with E-state index >= 15 is 0 Å². The zero-order valence-electron chi connectivity index (χ0n) is 20.9. The Labute approximate surface area is 202 Å². The first-order valence-electron chi connectivity index (χ1n) is 13.4. The molecular weight excluding hydrogens is 436 g/mol. The van der Waals surface area contributed by atoms with Crippen LogP contribution < -0.4 is 11.5 Å². The van der Waals surface area contributed by atoms with Crippen LogP contribution in [0.5, 0.6) is 0 Å². The number of hydrogen-bond acceptors (Lipinski definition) is 7. The van der Waals surface area contributed by atoms with Crippen molar-refractivity contribution in [3.8, 4) is 0 Å². The second kappa shape index (κ2) is 8.38. The van der Waals surface area contributed by atoms with Crippen LogP contribution in [-0.4, -0.2) is 63.6 Å². The lowest BCUT2D eigenvalue weighted by atomic mass is 9.42. The number of aliphatic hydroxyl groups is 3. The third-order valence-corrected chi connectivity index (χ3v) is 11.4. The average Bonchev–Trinajstić information content (AvgIpc) is 3.07. The smallest absolute Gasteiger partial charge is 0.221 e. The van der Waals surface area contributed by atoms with Crippen LogP contribution in [0, 0.1) is 34.5 Å². The van der Waals surface area contributed by atoms with Crippen LogP contribution >= 0.6 is 0 Å². The summed E-state index contributed by atoms with van der Waals surface area (Å²) in [6, 6.07) is 0. The Hall–Kier alpha value is -0.770. The van der Waals surface area contributed by atoms with Gasteiger partial charge in [-0.05, 0) is 93.3 Å². The second-order valence-electron chi connectivity index (χ2n) is 12.7. The molecule has 13 atom stereocenters. The van der Waals surface area contributed by atoms with E-state index in [1.165, 1.54) is 0 Å². The number of amides is 1. The minimum absolute atomic E-state index is 0.0460. The first-order valence-corrected chi connectivity index (χ1v) is 13.4. The quantitative estimate of drug-likeness (QED) is 0.384. The van der Waals surface area contributed by atoms with E-state index in [-0.39, 0.29) is 34.3 Å². The minimum atomic E-state index is -1.27. The van der Waals surface area contributed by atoms with Crippen LogP contribution in [0.1, 0.15) is 78.6 Å². The Morgan fingerprint density at radius 2 is 1.68 bits per heavy atom. The molecule has 194 valence electrons. The zero-order valence-corrected chi connectivity index (χ0v) is 20.9. The summed E-state index contributed by atoms with van der Waals surface area (Å²) in [4.78, 5) is 12.2. The monoisotopic (exact) mass is 480 g/mol. The van der Waals surface area contributed by atoms with Crippen LogP contribution in [-0.2, 0) is 14.3 Å². The maximum atomic E-state index is 12.2. The van der Waals surface area contributed by atoms with Crippen molar-refractivity contribution >= 4 is 5.91 Å². The first kappa shape index (κ1) is 24.9. The fraction of sp³-hybridized carbons (Fsp3) is 0.962. The van der Waals surface area contributed by atoms with Crippen LogP contribution in [0.15, 0.2) is 0 Å². The number of primary amides is 1. The molecule has 1 aliphatic heterocycles. The summed E-state index contributed by atoms with van der Waals surface area (Å²) >= 11 is 0. The van der Waals surface area contributed by atoms with E-state index in [9.17, 15) is 20.1 Å². The lowest BCUT2D eigenvalue weighted by Gasteiger charge is -2.64. The third kappa shape index (κ3) is 3.43. The molecule has 5 fully saturated rings. The molecule has 0 aromatic rings. The Kier molecular flexibility index (Phi) is 6.14. The van der Waals surface area contributed by atoms with Crippen molar-refractivity contribution in [2.45, 2.75) is 121 Å². The molecule has 0 unspecified atom stereocenters. The van der Waals surface area contributed by atoms with E-state index < -0.39 is 30.7 Å². The van der Waals surface area contributed by atoms with Crippen molar-refractivity contribution in [1.82, 2.24) is 0 Å². The van der Waals surface area contributed by atoms with Crippen molar-refractivity contribution < 1.29 is 29.6 Å². The van der Waals surface area contributed by atoms with Gasteiger partial charge in [0.25, 0.3) is 0 Å². The summed E-state index contributed by atoms with van der Waals surface area (Å²) in [6.45, 7) is 6.33. The van der Waals surface area contributed by atoms with Crippen molar-refractivity contribution in [2.75, 3.05) is 0 Å². The first-order chi connectivity index (χ1) is 15.9. The van der Waals surface area contributed by atoms with Gasteiger partial charge in [-0.15, -0.1) is 0 Å². The van der Waals surface area contributed by atoms with Gasteiger partial charge in [-0.1, -0.05) is 13.8 Å². The molecule has 0 spiro atoms. The Balaban J connectivity index is 1.29. The van der Waals surface area contributed by atoms with E-state index in [4.69, 9.17) is 20.9 Å². The highest BCUT2D eigenvalue weighted by atomic mass is 16.7. The van der Waals surface area contributed by atoms with Crippen molar-refractivity contribution in [1.29, 1.82) is 0 Å². The predicted octanol–water partition coefficient (Wildman–Crippen LogP) is 1.42. The number of rotatable bonds is 3. The van der Waals surface area contributed by atoms with Gasteiger partial charge in [0.2, 0.25) is 5.91 Å². The third-order valence-electron chi connectivity index (χ3n) is 11.4. The van der Waals surface area contributed by atoms with Gasteiger partial charge < -0.3 is 36.3 Å². The van der Waals surface area contributed by atoms with Crippen LogP contribution in [0.3, 0.4) is 0 Å². The Morgan fingerprint density at radius 1 is 0.941 bits per heavy atom. The molecule has 5 aliphatic rings. The number of aliphatic hydroxyl groups excluding tert-OH is 3. The summed E-state index contributed by atoms with van der Waals surface area (Å²) in [7, 11) is 0. The summed E-state index contributed by atoms with van der Waals surface area (Å²) < 4.78 is 11.9. The molecule has 0 bridgehead atoms. The molecule has 7 N–H and O–H groups in total. The minimum Gasteiger partial charge on any atom is -0.388 e. The summed E-state index contributed by atoms with van der Waals surface area (Å²) in [5.41, 5.74) is 12.7. The molecule has 34 heavy (non-hydrogen) atoms. The molecule has 1 amide bonds. The maximum absolute atomic E-state index is 12.2. The highest BCUT2D eigenvalue weighted by molar-refractivity contribution is 5.78. The molecule has 0 aromatic carbocycles. The number of carbonyl (C=O) groups is 1. The molecule has 4 aliphatic carbocycles. The summed E-state index contributed by atoms with van der Waals surface area (Å²) in [5.74, 6) is 1.14. The summed E-state index contributed by atoms with van der Waals surface area (Å²) in [5, 5.41) is 30.5. The van der Waals surface area contributed by atoms with Crippen LogP contribution in [0.2, 0.25) is 0 Å². The lowest BCUT2D eigenvalue weighted by Crippen LogP contribution is -2.67. The predicted molar refractivity (Wildman–Crippen MR) is 125 cm³/mol. The molecule has 8 heteroatoms. The molecule has 8 nitrogen and oxygen atoms in total. The second-order valence-corrected chi connectivity index (χ2v) is 12.7. The van der Waals surface area contributed by atoms with Gasteiger partial charge in [0.1, 0.15) is 18.3 Å². The van der Waals surface area contributed by atoms with Gasteiger partial charge in [-0.2, -0.15) is 0 Å². The SMILES string of the molecule is C[C@@H]1O[C@H](O[C@H]2CC[C@@]3(C)[C@H](CC[C@@H]4[C@@H]3CC[C@]3(C)[C@@H](C(N)=O)CC[C@@]43N)C2)[C@H](O)[C@H](O)[C@H]1O. The molecule has 4 saturated carbocycles. The standard InChI is InChI=1S/C26H44N2O6/c1-13-19(29)20(30)21(31)23(33-13)34-15-6-9-24(2)14(12-15)4-5-17-16(24)7-10-25(3)18(22(27)32)8-11-26(17,25)28/h13-21,23,29-31H,4-12,28H2,1-3H3,(H2,27,32)/t13-,14+,15-,16-,17+,18+,19-,20+,21+,23+,24-,25+,26+/m0/s1. The van der Waals surface area contributed by atoms with Gasteiger partial charge in [0, 0.05) is 11.5 Å². The average molecular weight is 481 g/mol. The van der Waals surface area contributed by atoms with Gasteiger partial charge in [0.05, 0.1) is 12.2 Å². The fourth-order valence-corrected chi connectivity index (χ4v) is 9.18. The van der Waals surface area contributed by atoms with Gasteiger partial charge >= 0.3 is 0 Å². The van der Waals surface area contributed by atoms with Gasteiger partial charge in [-0.3, -0.25) is 4.79 Å². The lowest BCUT2D eigenvalue weighted by molar-refractivity contribution is -0.309. The molecule has 1 heterocycles. The number of ether oxygens (including phenoxy) is 2. The maximum Gasteiger partial charge on any atom is 0.221 e. The zero-order chi connectivity index (χ0) is 24.6. The number of carbonyl (C=O) groups excluding carboxylic acids is 1. The number of fused-ring (bicyclic) bond motifs is 5. The van der Waals surface area contributed by atoms with Gasteiger partial charge in [0.15, 0.2) is 6.29 Å². The highest BCUT2D eigenvalue weighted by Gasteiger charge is 2.67. The van der Waals surface area contributed by atoms with Crippen molar-refractivity contribution in [3.05, 3.63) is 0 Å². The van der Waals surface area contributed by atoms with Gasteiger partial charge in [-0.25, -0.2) is 0 Å². The van der Waals surface area contributed by atoms with Crippen molar-refractivity contribution in [3.63, 3.8) is 0 Å². The van der Waals surface area contributed by atoms with Crippen LogP contribution in [0.4, 0.5) is 0 Å². The molecule has 1 saturated heterocycles. The van der Waals surface area contributed by atoms with E-state index in [1.807, 2.05) is 0 Å². The summed E-state index contributed by atoms with van der Waals surface area (Å²) in [6.07, 6.45) is 3.47. The molecule has 0 aromatic heterocycles. The molecule has 5 rings (SSSR count). The number of hydrogen-bond donors (Lipinski definition) is 5. The van der Waals surface area contributed by atoms with E-state index in [2.05, 4.69) is 13.8 Å².